The molecule has 190 valence electrons. The number of hydrogen-bond donors (Lipinski definition) is 1. The molecule has 0 bridgehead atoms. The maximum Gasteiger partial charge on any atom is 0.0474 e. The van der Waals surface area contributed by atoms with E-state index in [1.54, 1.807) is 0 Å². The van der Waals surface area contributed by atoms with Crippen LogP contribution in [0.4, 0.5) is 0 Å². The first-order valence-corrected chi connectivity index (χ1v) is 13.2. The number of allylic oxidation sites excluding steroid dienone is 6. The fourth-order valence-corrected chi connectivity index (χ4v) is 4.79. The molecule has 0 aromatic heterocycles. The summed E-state index contributed by atoms with van der Waals surface area (Å²) in [6.07, 6.45) is 11.1. The van der Waals surface area contributed by atoms with E-state index in [1.807, 2.05) is 6.07 Å². The molecule has 0 saturated carbocycles. The summed E-state index contributed by atoms with van der Waals surface area (Å²) in [6, 6.07) is 11.0. The van der Waals surface area contributed by atoms with Gasteiger partial charge in [0.05, 0.1) is 0 Å². The van der Waals surface area contributed by atoms with Gasteiger partial charge in [0.2, 0.25) is 0 Å². The Labute approximate surface area is 215 Å². The van der Waals surface area contributed by atoms with E-state index in [1.165, 1.54) is 27.9 Å². The molecule has 2 heteroatoms. The standard InChI is InChI=1S/C33H48N2/c1-10-15-33(34-29(9)30-17-12-11-13-18-30)28(8)32(23-35(25(4)5)22-24(2)3)21-31-19-14-16-26(6)20-27(31)7/h11-14,17-20,25,32-34H,2,8-10,15-16,21-23H2,1,3-7H3. The van der Waals surface area contributed by atoms with Crippen molar-refractivity contribution in [2.75, 3.05) is 13.1 Å². The van der Waals surface area contributed by atoms with Gasteiger partial charge < -0.3 is 5.32 Å². The molecule has 1 aliphatic rings. The molecule has 1 N–H and O–H groups in total. The predicted octanol–water partition coefficient (Wildman–Crippen LogP) is 8.49. The summed E-state index contributed by atoms with van der Waals surface area (Å²) in [6.45, 7) is 28.6. The van der Waals surface area contributed by atoms with Crippen LogP contribution >= 0.6 is 0 Å². The quantitative estimate of drug-likeness (QED) is 0.273. The molecule has 0 aliphatic heterocycles. The van der Waals surface area contributed by atoms with Crippen LogP contribution in [0.25, 0.3) is 5.70 Å². The summed E-state index contributed by atoms with van der Waals surface area (Å²) in [5, 5.41) is 3.75. The second-order valence-electron chi connectivity index (χ2n) is 10.6. The van der Waals surface area contributed by atoms with E-state index in [9.17, 15) is 0 Å². The minimum absolute atomic E-state index is 0.185. The van der Waals surface area contributed by atoms with Crippen molar-refractivity contribution >= 4 is 5.70 Å². The average Bonchev–Trinajstić information content (AvgIpc) is 2.96. The lowest BCUT2D eigenvalue weighted by atomic mass is 9.84. The Morgan fingerprint density at radius 1 is 1.09 bits per heavy atom. The second kappa shape index (κ2) is 14.1. The van der Waals surface area contributed by atoms with E-state index < -0.39 is 0 Å². The Balaban J connectivity index is 2.37. The first-order chi connectivity index (χ1) is 16.6. The average molecular weight is 473 g/mol. The van der Waals surface area contributed by atoms with E-state index >= 15 is 0 Å². The normalized spacial score (nSPS) is 15.6. The van der Waals surface area contributed by atoms with Crippen LogP contribution in [-0.4, -0.2) is 30.1 Å². The van der Waals surface area contributed by atoms with Crippen LogP contribution in [0.3, 0.4) is 0 Å². The van der Waals surface area contributed by atoms with E-state index in [0.29, 0.717) is 12.0 Å². The van der Waals surface area contributed by atoms with Crippen LogP contribution in [0.15, 0.2) is 96.2 Å². The van der Waals surface area contributed by atoms with Gasteiger partial charge in [0, 0.05) is 30.9 Å². The highest BCUT2D eigenvalue weighted by Gasteiger charge is 2.26. The molecular weight excluding hydrogens is 424 g/mol. The summed E-state index contributed by atoms with van der Waals surface area (Å²) in [5.41, 5.74) is 8.79. The monoisotopic (exact) mass is 472 g/mol. The smallest absolute Gasteiger partial charge is 0.0474 e. The summed E-state index contributed by atoms with van der Waals surface area (Å²) in [7, 11) is 0. The molecule has 2 unspecified atom stereocenters. The van der Waals surface area contributed by atoms with Crippen molar-refractivity contribution in [2.24, 2.45) is 5.92 Å². The van der Waals surface area contributed by atoms with Gasteiger partial charge in [-0.25, -0.2) is 0 Å². The van der Waals surface area contributed by atoms with Gasteiger partial charge in [-0.15, -0.1) is 0 Å². The van der Waals surface area contributed by atoms with E-state index in [0.717, 1.165) is 50.0 Å². The molecule has 35 heavy (non-hydrogen) atoms. The highest BCUT2D eigenvalue weighted by atomic mass is 15.1. The molecule has 1 aromatic rings. The van der Waals surface area contributed by atoms with Gasteiger partial charge in [-0.05, 0) is 76.5 Å². The predicted molar refractivity (Wildman–Crippen MR) is 156 cm³/mol. The highest BCUT2D eigenvalue weighted by molar-refractivity contribution is 5.62. The molecule has 2 atom stereocenters. The molecule has 2 rings (SSSR count). The van der Waals surface area contributed by atoms with Crippen molar-refractivity contribution < 1.29 is 0 Å². The Morgan fingerprint density at radius 2 is 1.77 bits per heavy atom. The fraction of sp³-hybridized carbons (Fsp3) is 0.455. The van der Waals surface area contributed by atoms with Gasteiger partial charge in [-0.1, -0.05) is 98.4 Å². The van der Waals surface area contributed by atoms with Crippen LogP contribution in [-0.2, 0) is 0 Å². The Kier molecular flexibility index (Phi) is 11.5. The van der Waals surface area contributed by atoms with Gasteiger partial charge >= 0.3 is 0 Å². The summed E-state index contributed by atoms with van der Waals surface area (Å²) < 4.78 is 0. The van der Waals surface area contributed by atoms with E-state index in [4.69, 9.17) is 6.58 Å². The number of nitrogens with one attached hydrogen (secondary N) is 1. The Bertz CT molecular complexity index is 958. The number of rotatable bonds is 14. The number of benzene rings is 1. The van der Waals surface area contributed by atoms with Gasteiger partial charge in [0.15, 0.2) is 0 Å². The molecule has 0 fully saturated rings. The van der Waals surface area contributed by atoms with Crippen molar-refractivity contribution in [3.8, 4) is 0 Å². The van der Waals surface area contributed by atoms with Gasteiger partial charge in [0.1, 0.15) is 0 Å². The lowest BCUT2D eigenvalue weighted by Crippen LogP contribution is -2.40. The van der Waals surface area contributed by atoms with Gasteiger partial charge in [0.25, 0.3) is 0 Å². The van der Waals surface area contributed by atoms with Gasteiger partial charge in [-0.2, -0.15) is 0 Å². The topological polar surface area (TPSA) is 15.3 Å². The molecule has 0 amide bonds. The third kappa shape index (κ3) is 9.18. The lowest BCUT2D eigenvalue weighted by Gasteiger charge is -2.35. The van der Waals surface area contributed by atoms with Crippen molar-refractivity contribution in [1.82, 2.24) is 10.2 Å². The molecular formula is C33H48N2. The largest absolute Gasteiger partial charge is 0.379 e. The van der Waals surface area contributed by atoms with Gasteiger partial charge in [-0.3, -0.25) is 4.90 Å². The lowest BCUT2D eigenvalue weighted by molar-refractivity contribution is 0.210. The third-order valence-corrected chi connectivity index (χ3v) is 6.87. The zero-order valence-electron chi connectivity index (χ0n) is 23.2. The molecule has 0 spiro atoms. The fourth-order valence-electron chi connectivity index (χ4n) is 4.79. The molecule has 2 nitrogen and oxygen atoms in total. The zero-order valence-corrected chi connectivity index (χ0v) is 23.2. The van der Waals surface area contributed by atoms with Crippen molar-refractivity contribution in [3.05, 3.63) is 102 Å². The van der Waals surface area contributed by atoms with E-state index in [-0.39, 0.29) is 6.04 Å². The van der Waals surface area contributed by atoms with Crippen LogP contribution in [0.2, 0.25) is 0 Å². The summed E-state index contributed by atoms with van der Waals surface area (Å²) in [4.78, 5) is 2.55. The molecule has 0 radical (unpaired) electrons. The first-order valence-electron chi connectivity index (χ1n) is 13.2. The molecule has 0 heterocycles. The second-order valence-corrected chi connectivity index (χ2v) is 10.6. The van der Waals surface area contributed by atoms with Crippen molar-refractivity contribution in [3.63, 3.8) is 0 Å². The third-order valence-electron chi connectivity index (χ3n) is 6.87. The highest BCUT2D eigenvalue weighted by Crippen LogP contribution is 2.30. The summed E-state index contributed by atoms with van der Waals surface area (Å²) in [5.74, 6) is 0.325. The number of hydrogen-bond acceptors (Lipinski definition) is 2. The maximum atomic E-state index is 4.73. The molecule has 1 aliphatic carbocycles. The van der Waals surface area contributed by atoms with Crippen LogP contribution in [0, 0.1) is 5.92 Å². The summed E-state index contributed by atoms with van der Waals surface area (Å²) >= 11 is 0. The zero-order chi connectivity index (χ0) is 26.0. The maximum absolute atomic E-state index is 4.73. The van der Waals surface area contributed by atoms with Crippen molar-refractivity contribution in [1.29, 1.82) is 0 Å². The Hall–Kier alpha value is -2.58. The van der Waals surface area contributed by atoms with Crippen molar-refractivity contribution in [2.45, 2.75) is 79.3 Å². The van der Waals surface area contributed by atoms with Crippen LogP contribution in [0.5, 0.6) is 0 Å². The van der Waals surface area contributed by atoms with Crippen LogP contribution < -0.4 is 5.32 Å². The van der Waals surface area contributed by atoms with Crippen LogP contribution in [0.1, 0.15) is 72.8 Å². The minimum atomic E-state index is 0.185. The number of nitrogens with zero attached hydrogens (tertiary/aromatic N) is 1. The Morgan fingerprint density at radius 3 is 2.37 bits per heavy atom. The first kappa shape index (κ1) is 28.7. The minimum Gasteiger partial charge on any atom is -0.379 e. The molecule has 1 aromatic carbocycles. The molecule has 0 saturated heterocycles. The SMILES string of the molecule is C=C(C)CN(CC(CC1=C(C)C=C(C)CC=C1)C(=C)C(CCC)NC(=C)c1ccccc1)C(C)C. The van der Waals surface area contributed by atoms with E-state index in [2.05, 4.69) is 107 Å².